The van der Waals surface area contributed by atoms with Crippen molar-refractivity contribution in [3.8, 4) is 11.6 Å². The zero-order chi connectivity index (χ0) is 21.0. The summed E-state index contributed by atoms with van der Waals surface area (Å²) < 4.78 is 33.6. The lowest BCUT2D eigenvalue weighted by Gasteiger charge is -2.33. The first-order chi connectivity index (χ1) is 13.9. The number of nitrogens with zero attached hydrogens (tertiary/aromatic N) is 4. The molecular formula is C20H22F2N4O3. The molecule has 1 aliphatic rings. The van der Waals surface area contributed by atoms with Gasteiger partial charge in [-0.15, -0.1) is 6.58 Å². The number of amides is 1. The van der Waals surface area contributed by atoms with Crippen LogP contribution in [0.1, 0.15) is 17.4 Å². The van der Waals surface area contributed by atoms with Gasteiger partial charge in [-0.3, -0.25) is 14.5 Å². The number of halogens is 2. The normalized spacial score (nSPS) is 14.7. The van der Waals surface area contributed by atoms with Crippen LogP contribution in [0.4, 0.5) is 8.78 Å². The quantitative estimate of drug-likeness (QED) is 0.688. The van der Waals surface area contributed by atoms with E-state index < -0.39 is 23.0 Å². The van der Waals surface area contributed by atoms with Gasteiger partial charge in [0.05, 0.1) is 18.4 Å². The molecule has 1 aliphatic heterocycles. The molecule has 9 heteroatoms. The average Bonchev–Trinajstić information content (AvgIpc) is 2.71. The summed E-state index contributed by atoms with van der Waals surface area (Å²) in [6.45, 7) is 8.59. The van der Waals surface area contributed by atoms with E-state index in [1.165, 1.54) is 6.07 Å². The van der Waals surface area contributed by atoms with Crippen LogP contribution in [0.5, 0.6) is 5.88 Å². The van der Waals surface area contributed by atoms with E-state index in [4.69, 9.17) is 4.74 Å². The van der Waals surface area contributed by atoms with Crippen LogP contribution in [0.2, 0.25) is 0 Å². The number of piperazine rings is 1. The van der Waals surface area contributed by atoms with Gasteiger partial charge in [-0.2, -0.15) is 5.10 Å². The van der Waals surface area contributed by atoms with Gasteiger partial charge in [0.2, 0.25) is 11.3 Å². The van der Waals surface area contributed by atoms with Crippen LogP contribution in [0.3, 0.4) is 0 Å². The molecule has 1 aromatic carbocycles. The van der Waals surface area contributed by atoms with Crippen molar-refractivity contribution in [3.63, 3.8) is 0 Å². The van der Waals surface area contributed by atoms with Gasteiger partial charge < -0.3 is 9.64 Å². The monoisotopic (exact) mass is 404 g/mol. The maximum absolute atomic E-state index is 13.7. The Morgan fingerprint density at radius 2 is 1.93 bits per heavy atom. The molecule has 1 amide bonds. The Hall–Kier alpha value is -3.07. The Morgan fingerprint density at radius 1 is 1.21 bits per heavy atom. The van der Waals surface area contributed by atoms with Crippen molar-refractivity contribution in [2.24, 2.45) is 0 Å². The molecule has 2 heterocycles. The molecule has 29 heavy (non-hydrogen) atoms. The first kappa shape index (κ1) is 20.7. The molecule has 0 bridgehead atoms. The second-order valence-corrected chi connectivity index (χ2v) is 6.52. The van der Waals surface area contributed by atoms with Crippen molar-refractivity contribution in [2.45, 2.75) is 6.92 Å². The second-order valence-electron chi connectivity index (χ2n) is 6.52. The average molecular weight is 404 g/mol. The molecule has 1 aromatic heterocycles. The molecule has 3 rings (SSSR count). The number of carbonyl (C=O) groups excluding carboxylic acids is 1. The third-order valence-electron chi connectivity index (χ3n) is 4.59. The third-order valence-corrected chi connectivity index (χ3v) is 4.59. The molecule has 0 saturated carbocycles. The smallest absolute Gasteiger partial charge is 0.278 e. The first-order valence-corrected chi connectivity index (χ1v) is 9.29. The van der Waals surface area contributed by atoms with Gasteiger partial charge >= 0.3 is 0 Å². The fourth-order valence-electron chi connectivity index (χ4n) is 3.11. The van der Waals surface area contributed by atoms with Gasteiger partial charge in [0.1, 0.15) is 0 Å². The van der Waals surface area contributed by atoms with E-state index in [1.54, 1.807) is 17.9 Å². The van der Waals surface area contributed by atoms with Crippen LogP contribution in [-0.4, -0.2) is 64.8 Å². The number of hydrogen-bond donors (Lipinski definition) is 0. The molecule has 0 aliphatic carbocycles. The summed E-state index contributed by atoms with van der Waals surface area (Å²) in [5.74, 6) is -2.55. The summed E-state index contributed by atoms with van der Waals surface area (Å²) in [5.41, 5.74) is -0.752. The molecule has 1 fully saturated rings. The predicted molar refractivity (Wildman–Crippen MR) is 103 cm³/mol. The number of rotatable bonds is 6. The minimum Gasteiger partial charge on any atom is -0.478 e. The van der Waals surface area contributed by atoms with Gasteiger partial charge in [-0.25, -0.2) is 13.5 Å². The van der Waals surface area contributed by atoms with Crippen LogP contribution in [0.25, 0.3) is 5.69 Å². The van der Waals surface area contributed by atoms with Crippen molar-refractivity contribution >= 4 is 5.91 Å². The summed E-state index contributed by atoms with van der Waals surface area (Å²) in [6.07, 6.45) is 1.80. The number of benzene rings is 1. The molecule has 2 aromatic rings. The van der Waals surface area contributed by atoms with Gasteiger partial charge in [0.25, 0.3) is 5.91 Å². The van der Waals surface area contributed by atoms with Crippen LogP contribution in [-0.2, 0) is 0 Å². The fraction of sp³-hybridized carbons (Fsp3) is 0.350. The second kappa shape index (κ2) is 8.95. The topological polar surface area (TPSA) is 67.7 Å². The highest BCUT2D eigenvalue weighted by atomic mass is 19.2. The van der Waals surface area contributed by atoms with E-state index in [9.17, 15) is 18.4 Å². The molecule has 0 spiro atoms. The molecule has 7 nitrogen and oxygen atoms in total. The SMILES string of the molecule is C=CCN1CCN(C(=O)c2nn(-c3ccc(F)c(F)c3)c(OCC)cc2=O)CC1. The van der Waals surface area contributed by atoms with Crippen molar-refractivity contribution in [1.29, 1.82) is 0 Å². The lowest BCUT2D eigenvalue weighted by molar-refractivity contribution is 0.0640. The van der Waals surface area contributed by atoms with Crippen LogP contribution in [0.15, 0.2) is 41.7 Å². The molecule has 0 radical (unpaired) electrons. The lowest BCUT2D eigenvalue weighted by Crippen LogP contribution is -2.49. The number of carbonyl (C=O) groups is 1. The Balaban J connectivity index is 1.95. The Bertz CT molecular complexity index is 969. The lowest BCUT2D eigenvalue weighted by atomic mass is 10.2. The minimum atomic E-state index is -1.07. The maximum atomic E-state index is 13.7. The van der Waals surface area contributed by atoms with E-state index in [-0.39, 0.29) is 23.9 Å². The summed E-state index contributed by atoms with van der Waals surface area (Å²) in [4.78, 5) is 29.1. The summed E-state index contributed by atoms with van der Waals surface area (Å²) in [6, 6.07) is 4.30. The van der Waals surface area contributed by atoms with Crippen LogP contribution < -0.4 is 10.2 Å². The maximum Gasteiger partial charge on any atom is 0.278 e. The highest BCUT2D eigenvalue weighted by molar-refractivity contribution is 5.92. The Morgan fingerprint density at radius 3 is 2.55 bits per heavy atom. The van der Waals surface area contributed by atoms with E-state index in [0.717, 1.165) is 29.4 Å². The van der Waals surface area contributed by atoms with Crippen molar-refractivity contribution in [2.75, 3.05) is 39.3 Å². The Labute approximate surface area is 166 Å². The van der Waals surface area contributed by atoms with Crippen LogP contribution >= 0.6 is 0 Å². The molecular weight excluding hydrogens is 382 g/mol. The van der Waals surface area contributed by atoms with E-state index in [0.29, 0.717) is 26.2 Å². The zero-order valence-corrected chi connectivity index (χ0v) is 16.1. The van der Waals surface area contributed by atoms with E-state index in [1.807, 2.05) is 0 Å². The Kier molecular flexibility index (Phi) is 6.38. The largest absolute Gasteiger partial charge is 0.478 e. The van der Waals surface area contributed by atoms with Crippen molar-refractivity contribution in [3.05, 3.63) is 64.5 Å². The summed E-state index contributed by atoms with van der Waals surface area (Å²) in [7, 11) is 0. The predicted octanol–water partition coefficient (Wildman–Crippen LogP) is 1.85. The van der Waals surface area contributed by atoms with Gasteiger partial charge in [-0.1, -0.05) is 6.08 Å². The number of hydrogen-bond acceptors (Lipinski definition) is 5. The van der Waals surface area contributed by atoms with Gasteiger partial charge in [-0.05, 0) is 19.1 Å². The standard InChI is InChI=1S/C20H22F2N4O3/c1-3-7-24-8-10-25(11-9-24)20(28)19-17(27)13-18(29-4-2)26(23-19)14-5-6-15(21)16(22)12-14/h3,5-6,12-13H,1,4,7-11H2,2H3. The van der Waals surface area contributed by atoms with E-state index in [2.05, 4.69) is 16.6 Å². The highest BCUT2D eigenvalue weighted by Crippen LogP contribution is 2.18. The minimum absolute atomic E-state index is 0.0378. The zero-order valence-electron chi connectivity index (χ0n) is 16.1. The summed E-state index contributed by atoms with van der Waals surface area (Å²) >= 11 is 0. The highest BCUT2D eigenvalue weighted by Gasteiger charge is 2.26. The fourth-order valence-corrected chi connectivity index (χ4v) is 3.11. The molecule has 0 N–H and O–H groups in total. The van der Waals surface area contributed by atoms with Gasteiger partial charge in [0.15, 0.2) is 17.3 Å². The number of ether oxygens (including phenoxy) is 1. The van der Waals surface area contributed by atoms with Crippen LogP contribution in [0, 0.1) is 11.6 Å². The van der Waals surface area contributed by atoms with Crippen molar-refractivity contribution < 1.29 is 18.3 Å². The van der Waals surface area contributed by atoms with Crippen molar-refractivity contribution in [1.82, 2.24) is 19.6 Å². The molecule has 0 unspecified atom stereocenters. The summed E-state index contributed by atoms with van der Waals surface area (Å²) in [5, 5.41) is 4.13. The third kappa shape index (κ3) is 4.51. The molecule has 154 valence electrons. The molecule has 0 atom stereocenters. The van der Waals surface area contributed by atoms with Gasteiger partial charge in [0, 0.05) is 38.8 Å². The first-order valence-electron chi connectivity index (χ1n) is 9.29. The number of aromatic nitrogens is 2. The molecule has 1 saturated heterocycles. The van der Waals surface area contributed by atoms with E-state index >= 15 is 0 Å².